The van der Waals surface area contributed by atoms with Crippen molar-refractivity contribution in [1.82, 2.24) is 20.3 Å². The smallest absolute Gasteiger partial charge is 0.263 e. The number of rotatable bonds is 4. The second-order valence-corrected chi connectivity index (χ2v) is 3.79. The molecule has 0 aliphatic rings. The van der Waals surface area contributed by atoms with E-state index in [1.807, 2.05) is 0 Å². The summed E-state index contributed by atoms with van der Waals surface area (Å²) in [5.74, 6) is 0.795. The van der Waals surface area contributed by atoms with Crippen molar-refractivity contribution in [2.24, 2.45) is 0 Å². The van der Waals surface area contributed by atoms with E-state index < -0.39 is 0 Å². The molecule has 0 atom stereocenters. The van der Waals surface area contributed by atoms with Crippen LogP contribution >= 0.6 is 11.3 Å². The Bertz CT molecular complexity index is 409. The van der Waals surface area contributed by atoms with E-state index in [4.69, 9.17) is 0 Å². The lowest BCUT2D eigenvalue weighted by Crippen LogP contribution is -2.25. The molecule has 2 aromatic heterocycles. The highest BCUT2D eigenvalue weighted by Gasteiger charge is 2.05. The number of carbonyl (C=O) groups excluding carboxylic acids is 1. The van der Waals surface area contributed by atoms with Crippen LogP contribution in [-0.2, 0) is 6.42 Å². The van der Waals surface area contributed by atoms with Crippen LogP contribution in [-0.4, -0.2) is 27.4 Å². The molecule has 0 saturated carbocycles. The molecule has 0 radical (unpaired) electrons. The number of hydrogen-bond acceptors (Lipinski definition) is 4. The molecular weight excluding hydrogens is 212 g/mol. The molecule has 0 fully saturated rings. The summed E-state index contributed by atoms with van der Waals surface area (Å²) in [6, 6.07) is 0. The Hall–Kier alpha value is -1.69. The van der Waals surface area contributed by atoms with E-state index in [1.54, 1.807) is 24.1 Å². The third kappa shape index (κ3) is 2.63. The van der Waals surface area contributed by atoms with Crippen LogP contribution in [0, 0.1) is 0 Å². The minimum Gasteiger partial charge on any atom is -0.351 e. The number of aromatic nitrogens is 3. The summed E-state index contributed by atoms with van der Waals surface area (Å²) >= 11 is 1.33. The fourth-order valence-corrected chi connectivity index (χ4v) is 1.68. The average molecular weight is 222 g/mol. The van der Waals surface area contributed by atoms with Crippen LogP contribution in [0.5, 0.6) is 0 Å². The van der Waals surface area contributed by atoms with Crippen LogP contribution in [0.4, 0.5) is 0 Å². The molecular formula is C9H10N4OS. The van der Waals surface area contributed by atoms with Gasteiger partial charge in [0.1, 0.15) is 10.7 Å². The van der Waals surface area contributed by atoms with Gasteiger partial charge >= 0.3 is 0 Å². The van der Waals surface area contributed by atoms with Crippen LogP contribution in [0.25, 0.3) is 0 Å². The van der Waals surface area contributed by atoms with Crippen LogP contribution < -0.4 is 5.32 Å². The largest absolute Gasteiger partial charge is 0.351 e. The van der Waals surface area contributed by atoms with Crippen molar-refractivity contribution in [2.45, 2.75) is 6.42 Å². The molecule has 2 aromatic rings. The molecule has 15 heavy (non-hydrogen) atoms. The zero-order chi connectivity index (χ0) is 10.5. The van der Waals surface area contributed by atoms with E-state index in [1.165, 1.54) is 11.3 Å². The van der Waals surface area contributed by atoms with E-state index >= 15 is 0 Å². The normalized spacial score (nSPS) is 10.1. The van der Waals surface area contributed by atoms with Crippen molar-refractivity contribution >= 4 is 17.2 Å². The van der Waals surface area contributed by atoms with Crippen LogP contribution in [0.2, 0.25) is 0 Å². The van der Waals surface area contributed by atoms with Crippen LogP contribution in [0.1, 0.15) is 15.5 Å². The first-order valence-corrected chi connectivity index (χ1v) is 5.39. The summed E-state index contributed by atoms with van der Waals surface area (Å²) in [5.41, 5.74) is 1.64. The summed E-state index contributed by atoms with van der Waals surface area (Å²) in [6.07, 6.45) is 5.73. The summed E-state index contributed by atoms with van der Waals surface area (Å²) < 4.78 is 0. The van der Waals surface area contributed by atoms with Gasteiger partial charge in [-0.25, -0.2) is 4.98 Å². The maximum Gasteiger partial charge on any atom is 0.263 e. The van der Waals surface area contributed by atoms with Gasteiger partial charge in [0.15, 0.2) is 0 Å². The lowest BCUT2D eigenvalue weighted by Gasteiger charge is -2.00. The molecule has 2 N–H and O–H groups in total. The third-order valence-corrected chi connectivity index (χ3v) is 2.63. The van der Waals surface area contributed by atoms with Gasteiger partial charge in [-0.05, 0) is 0 Å². The lowest BCUT2D eigenvalue weighted by molar-refractivity contribution is 0.0958. The Labute approximate surface area is 90.6 Å². The zero-order valence-electron chi connectivity index (χ0n) is 7.93. The van der Waals surface area contributed by atoms with E-state index in [0.29, 0.717) is 17.8 Å². The van der Waals surface area contributed by atoms with E-state index in [0.717, 1.165) is 5.82 Å². The SMILES string of the molecule is O=C(NCCc1ncc[nH]1)c1cncs1. The second kappa shape index (κ2) is 4.70. The van der Waals surface area contributed by atoms with Gasteiger partial charge in [0.05, 0.1) is 11.7 Å². The van der Waals surface area contributed by atoms with Crippen molar-refractivity contribution in [3.63, 3.8) is 0 Å². The Morgan fingerprint density at radius 1 is 1.60 bits per heavy atom. The first-order valence-electron chi connectivity index (χ1n) is 4.51. The zero-order valence-corrected chi connectivity index (χ0v) is 8.75. The average Bonchev–Trinajstić information content (AvgIpc) is 2.90. The fraction of sp³-hybridized carbons (Fsp3) is 0.222. The third-order valence-electron chi connectivity index (χ3n) is 1.86. The molecule has 0 spiro atoms. The topological polar surface area (TPSA) is 70.7 Å². The Morgan fingerprint density at radius 3 is 3.20 bits per heavy atom. The molecule has 5 nitrogen and oxygen atoms in total. The number of H-pyrrole nitrogens is 1. The van der Waals surface area contributed by atoms with Gasteiger partial charge in [-0.2, -0.15) is 0 Å². The minimum atomic E-state index is -0.0796. The standard InChI is InChI=1S/C9H10N4OS/c14-9(7-5-10-6-15-7)13-2-1-8-11-3-4-12-8/h3-6H,1-2H2,(H,11,12)(H,13,14). The summed E-state index contributed by atoms with van der Waals surface area (Å²) in [4.78, 5) is 23.0. The summed E-state index contributed by atoms with van der Waals surface area (Å²) in [7, 11) is 0. The first kappa shape index (κ1) is 9.85. The summed E-state index contributed by atoms with van der Waals surface area (Å²) in [6.45, 7) is 0.574. The van der Waals surface area contributed by atoms with Gasteiger partial charge in [0.25, 0.3) is 5.91 Å². The highest BCUT2D eigenvalue weighted by molar-refractivity contribution is 7.11. The van der Waals surface area contributed by atoms with Gasteiger partial charge in [0.2, 0.25) is 0 Å². The van der Waals surface area contributed by atoms with E-state index in [2.05, 4.69) is 20.3 Å². The predicted octanol–water partition coefficient (Wildman–Crippen LogP) is 0.839. The maximum atomic E-state index is 11.5. The van der Waals surface area contributed by atoms with Crippen molar-refractivity contribution in [1.29, 1.82) is 0 Å². The van der Waals surface area contributed by atoms with Gasteiger partial charge in [0, 0.05) is 25.4 Å². The Morgan fingerprint density at radius 2 is 2.53 bits per heavy atom. The number of hydrogen-bond donors (Lipinski definition) is 2. The van der Waals surface area contributed by atoms with Gasteiger partial charge in [-0.3, -0.25) is 9.78 Å². The van der Waals surface area contributed by atoms with E-state index in [-0.39, 0.29) is 5.91 Å². The highest BCUT2D eigenvalue weighted by Crippen LogP contribution is 2.04. The molecule has 0 saturated heterocycles. The highest BCUT2D eigenvalue weighted by atomic mass is 32.1. The van der Waals surface area contributed by atoms with Crippen molar-refractivity contribution < 1.29 is 4.79 Å². The molecule has 2 rings (SSSR count). The minimum absolute atomic E-state index is 0.0796. The number of imidazole rings is 1. The van der Waals surface area contributed by atoms with E-state index in [9.17, 15) is 4.79 Å². The van der Waals surface area contributed by atoms with Gasteiger partial charge < -0.3 is 10.3 Å². The molecule has 1 amide bonds. The Balaban J connectivity index is 1.77. The monoisotopic (exact) mass is 222 g/mol. The number of nitrogens with one attached hydrogen (secondary N) is 2. The van der Waals surface area contributed by atoms with Crippen molar-refractivity contribution in [3.8, 4) is 0 Å². The number of thiazole rings is 1. The lowest BCUT2D eigenvalue weighted by atomic mass is 10.4. The predicted molar refractivity (Wildman–Crippen MR) is 56.7 cm³/mol. The molecule has 6 heteroatoms. The number of aromatic amines is 1. The molecule has 0 unspecified atom stereocenters. The number of nitrogens with zero attached hydrogens (tertiary/aromatic N) is 2. The molecule has 78 valence electrons. The van der Waals surface area contributed by atoms with Crippen LogP contribution in [0.15, 0.2) is 24.1 Å². The summed E-state index contributed by atoms with van der Waals surface area (Å²) in [5, 5.41) is 2.79. The van der Waals surface area contributed by atoms with Gasteiger partial charge in [-0.1, -0.05) is 0 Å². The molecule has 0 bridgehead atoms. The molecule has 0 aliphatic carbocycles. The first-order chi connectivity index (χ1) is 7.36. The van der Waals surface area contributed by atoms with Crippen molar-refractivity contribution in [3.05, 3.63) is 34.8 Å². The quantitative estimate of drug-likeness (QED) is 0.805. The molecule has 0 aliphatic heterocycles. The number of amides is 1. The molecule has 2 heterocycles. The number of carbonyl (C=O) groups is 1. The van der Waals surface area contributed by atoms with Crippen molar-refractivity contribution in [2.75, 3.05) is 6.54 Å². The maximum absolute atomic E-state index is 11.5. The fourth-order valence-electron chi connectivity index (χ4n) is 1.14. The second-order valence-electron chi connectivity index (χ2n) is 2.91. The van der Waals surface area contributed by atoms with Gasteiger partial charge in [-0.15, -0.1) is 11.3 Å². The molecule has 0 aromatic carbocycles. The van der Waals surface area contributed by atoms with Crippen LogP contribution in [0.3, 0.4) is 0 Å². The Kier molecular flexibility index (Phi) is 3.08.